The summed E-state index contributed by atoms with van der Waals surface area (Å²) in [6, 6.07) is 19.3. The Morgan fingerprint density at radius 2 is 1.57 bits per heavy atom. The lowest BCUT2D eigenvalue weighted by Crippen LogP contribution is -2.19. The van der Waals surface area contributed by atoms with Gasteiger partial charge in [-0.25, -0.2) is 0 Å². The average molecular weight is 309 g/mol. The van der Waals surface area contributed by atoms with Gasteiger partial charge >= 0.3 is 0 Å². The molecule has 0 saturated heterocycles. The molecule has 1 nitrogen and oxygen atoms in total. The zero-order valence-electron chi connectivity index (χ0n) is 15.1. The van der Waals surface area contributed by atoms with Gasteiger partial charge < -0.3 is 5.32 Å². The molecule has 2 aromatic carbocycles. The van der Waals surface area contributed by atoms with Gasteiger partial charge in [0, 0.05) is 6.54 Å². The van der Waals surface area contributed by atoms with Gasteiger partial charge in [0.15, 0.2) is 0 Å². The van der Waals surface area contributed by atoms with Gasteiger partial charge in [-0.2, -0.15) is 0 Å². The Bertz CT molecular complexity index is 552. The van der Waals surface area contributed by atoms with Crippen LogP contribution in [0.5, 0.6) is 0 Å². The largest absolute Gasteiger partial charge is 0.313 e. The zero-order chi connectivity index (χ0) is 16.9. The van der Waals surface area contributed by atoms with Gasteiger partial charge in [0.1, 0.15) is 0 Å². The number of rotatable bonds is 2. The summed E-state index contributed by atoms with van der Waals surface area (Å²) in [7, 11) is 0. The Kier molecular flexibility index (Phi) is 9.74. The summed E-state index contributed by atoms with van der Waals surface area (Å²) in [5.41, 5.74) is 5.61. The van der Waals surface area contributed by atoms with Crippen molar-refractivity contribution < 1.29 is 0 Å². The average Bonchev–Trinajstić information content (AvgIpc) is 2.66. The number of hydrogen-bond donors (Lipinski definition) is 1. The fraction of sp³-hybridized carbons (Fsp3) is 0.364. The van der Waals surface area contributed by atoms with E-state index in [-0.39, 0.29) is 0 Å². The lowest BCUT2D eigenvalue weighted by Gasteiger charge is -2.13. The van der Waals surface area contributed by atoms with Crippen LogP contribution in [0.4, 0.5) is 0 Å². The molecule has 0 saturated carbocycles. The molecule has 1 heteroatoms. The third-order valence-electron chi connectivity index (χ3n) is 3.74. The third-order valence-corrected chi connectivity index (χ3v) is 3.74. The zero-order valence-corrected chi connectivity index (χ0v) is 15.1. The lowest BCUT2D eigenvalue weighted by molar-refractivity contribution is 0.738. The first kappa shape index (κ1) is 19.2. The molecular weight excluding hydrogens is 278 g/mol. The SMILES string of the molecule is C1=C(c2ccccc2)CCNC1.CC.CCc1ccc(C)cc1. The minimum atomic E-state index is 1.02. The minimum Gasteiger partial charge on any atom is -0.313 e. The van der Waals surface area contributed by atoms with E-state index in [1.807, 2.05) is 13.8 Å². The summed E-state index contributed by atoms with van der Waals surface area (Å²) in [4.78, 5) is 0. The molecule has 1 N–H and O–H groups in total. The molecule has 0 radical (unpaired) electrons. The summed E-state index contributed by atoms with van der Waals surface area (Å²) in [6.07, 6.45) is 4.57. The van der Waals surface area contributed by atoms with Crippen LogP contribution in [0.3, 0.4) is 0 Å². The molecule has 0 bridgehead atoms. The van der Waals surface area contributed by atoms with Crippen LogP contribution >= 0.6 is 0 Å². The molecule has 124 valence electrons. The van der Waals surface area contributed by atoms with Crippen molar-refractivity contribution >= 4 is 5.57 Å². The molecule has 3 rings (SSSR count). The quantitative estimate of drug-likeness (QED) is 0.756. The number of benzene rings is 2. The number of nitrogens with one attached hydrogen (secondary N) is 1. The molecule has 0 fully saturated rings. The van der Waals surface area contributed by atoms with E-state index in [0.717, 1.165) is 25.9 Å². The van der Waals surface area contributed by atoms with Crippen LogP contribution in [0.15, 0.2) is 60.7 Å². The monoisotopic (exact) mass is 309 g/mol. The highest BCUT2D eigenvalue weighted by molar-refractivity contribution is 5.66. The van der Waals surface area contributed by atoms with Gasteiger partial charge in [0.25, 0.3) is 0 Å². The second-order valence-electron chi connectivity index (χ2n) is 5.39. The van der Waals surface area contributed by atoms with E-state index in [4.69, 9.17) is 0 Å². The van der Waals surface area contributed by atoms with Gasteiger partial charge in [-0.15, -0.1) is 0 Å². The van der Waals surface area contributed by atoms with Crippen LogP contribution < -0.4 is 5.32 Å². The van der Waals surface area contributed by atoms with Crippen LogP contribution in [0, 0.1) is 6.92 Å². The highest BCUT2D eigenvalue weighted by Gasteiger charge is 2.03. The van der Waals surface area contributed by atoms with E-state index in [9.17, 15) is 0 Å². The molecule has 23 heavy (non-hydrogen) atoms. The van der Waals surface area contributed by atoms with Crippen molar-refractivity contribution in [1.82, 2.24) is 5.32 Å². The van der Waals surface area contributed by atoms with Crippen LogP contribution in [0.2, 0.25) is 0 Å². The summed E-state index contributed by atoms with van der Waals surface area (Å²) in [5.74, 6) is 0. The van der Waals surface area contributed by atoms with E-state index >= 15 is 0 Å². The van der Waals surface area contributed by atoms with Crippen molar-refractivity contribution in [2.75, 3.05) is 13.1 Å². The molecule has 0 aliphatic carbocycles. The predicted octanol–water partition coefficient (Wildman–Crippen LogP) is 5.65. The first-order valence-corrected chi connectivity index (χ1v) is 8.80. The van der Waals surface area contributed by atoms with Crippen molar-refractivity contribution in [3.8, 4) is 0 Å². The van der Waals surface area contributed by atoms with Gasteiger partial charge in [0.2, 0.25) is 0 Å². The fourth-order valence-electron chi connectivity index (χ4n) is 2.36. The Balaban J connectivity index is 0.000000215. The van der Waals surface area contributed by atoms with Crippen LogP contribution in [-0.4, -0.2) is 13.1 Å². The summed E-state index contributed by atoms with van der Waals surface area (Å²) in [5, 5.41) is 3.31. The van der Waals surface area contributed by atoms with Gasteiger partial charge in [-0.3, -0.25) is 0 Å². The van der Waals surface area contributed by atoms with Crippen molar-refractivity contribution in [1.29, 1.82) is 0 Å². The van der Waals surface area contributed by atoms with Crippen molar-refractivity contribution in [3.05, 3.63) is 77.4 Å². The third kappa shape index (κ3) is 7.30. The first-order valence-electron chi connectivity index (χ1n) is 8.80. The number of aryl methyl sites for hydroxylation is 2. The van der Waals surface area contributed by atoms with E-state index in [1.54, 1.807) is 0 Å². The molecule has 0 aromatic heterocycles. The molecular formula is C22H31N. The maximum absolute atomic E-state index is 3.31. The molecule has 1 aliphatic heterocycles. The highest BCUT2D eigenvalue weighted by Crippen LogP contribution is 2.18. The van der Waals surface area contributed by atoms with E-state index in [1.165, 1.54) is 22.3 Å². The summed E-state index contributed by atoms with van der Waals surface area (Å²) in [6.45, 7) is 10.4. The Morgan fingerprint density at radius 1 is 0.913 bits per heavy atom. The van der Waals surface area contributed by atoms with Gasteiger partial charge in [-0.05, 0) is 43.0 Å². The van der Waals surface area contributed by atoms with Gasteiger partial charge in [-0.1, -0.05) is 87.0 Å². The van der Waals surface area contributed by atoms with Crippen LogP contribution in [0.25, 0.3) is 5.57 Å². The summed E-state index contributed by atoms with van der Waals surface area (Å²) >= 11 is 0. The molecule has 0 amide bonds. The normalized spacial score (nSPS) is 13.0. The molecule has 1 heterocycles. The fourth-order valence-corrected chi connectivity index (χ4v) is 2.36. The van der Waals surface area contributed by atoms with Crippen LogP contribution in [-0.2, 0) is 6.42 Å². The van der Waals surface area contributed by atoms with Crippen molar-refractivity contribution in [2.24, 2.45) is 0 Å². The smallest absolute Gasteiger partial charge is 0.0140 e. The van der Waals surface area contributed by atoms with Crippen molar-refractivity contribution in [2.45, 2.75) is 40.5 Å². The van der Waals surface area contributed by atoms with E-state index < -0.39 is 0 Å². The van der Waals surface area contributed by atoms with E-state index in [2.05, 4.69) is 79.8 Å². The summed E-state index contributed by atoms with van der Waals surface area (Å²) < 4.78 is 0. The first-order chi connectivity index (χ1) is 11.3. The second-order valence-corrected chi connectivity index (χ2v) is 5.39. The maximum Gasteiger partial charge on any atom is 0.0140 e. The molecule has 0 spiro atoms. The van der Waals surface area contributed by atoms with Gasteiger partial charge in [0.05, 0.1) is 0 Å². The van der Waals surface area contributed by atoms with Crippen LogP contribution in [0.1, 0.15) is 43.9 Å². The maximum atomic E-state index is 3.31. The molecule has 0 atom stereocenters. The predicted molar refractivity (Wildman–Crippen MR) is 104 cm³/mol. The topological polar surface area (TPSA) is 12.0 Å². The Morgan fingerprint density at radius 3 is 2.09 bits per heavy atom. The van der Waals surface area contributed by atoms with E-state index in [0.29, 0.717) is 0 Å². The molecule has 1 aliphatic rings. The Labute approximate surface area is 142 Å². The Hall–Kier alpha value is -1.86. The number of hydrogen-bond acceptors (Lipinski definition) is 1. The molecule has 0 unspecified atom stereocenters. The lowest BCUT2D eigenvalue weighted by atomic mass is 10.0. The highest BCUT2D eigenvalue weighted by atomic mass is 14.8. The molecule has 2 aromatic rings. The second kappa shape index (κ2) is 11.7. The minimum absolute atomic E-state index is 1.02. The standard InChI is InChI=1S/C11H13N.C9H12.C2H6/c1-2-4-10(5-3-1)11-6-8-12-9-7-11;1-3-9-6-4-8(2)5-7-9;1-2/h1-6,12H,7-9H2;4-7H,3H2,1-2H3;1-2H3. The van der Waals surface area contributed by atoms with Crippen molar-refractivity contribution in [3.63, 3.8) is 0 Å².